The van der Waals surface area contributed by atoms with E-state index in [1.807, 2.05) is 19.2 Å². The van der Waals surface area contributed by atoms with E-state index < -0.39 is 29.5 Å². The van der Waals surface area contributed by atoms with Gasteiger partial charge in [-0.05, 0) is 126 Å². The largest absolute Gasteiger partial charge is 0.464 e. The molecule has 2 aliphatic carbocycles. The number of nitrogens with one attached hydrogen (secondary N) is 2. The van der Waals surface area contributed by atoms with E-state index in [0.717, 1.165) is 134 Å². The van der Waals surface area contributed by atoms with Crippen molar-refractivity contribution in [1.29, 1.82) is 0 Å². The van der Waals surface area contributed by atoms with Crippen LogP contribution < -0.4 is 10.7 Å². The van der Waals surface area contributed by atoms with Crippen molar-refractivity contribution in [2.75, 3.05) is 66.7 Å². The van der Waals surface area contributed by atoms with Crippen LogP contribution in [-0.4, -0.2) is 155 Å². The predicted molar refractivity (Wildman–Crippen MR) is 288 cm³/mol. The molecule has 11 rings (SSSR count). The van der Waals surface area contributed by atoms with Crippen LogP contribution in [0.1, 0.15) is 121 Å². The minimum absolute atomic E-state index is 0.00810. The number of aryl methyl sites for hydroxylation is 1. The molecule has 3 amide bonds. The maximum absolute atomic E-state index is 15.2. The van der Waals surface area contributed by atoms with Crippen molar-refractivity contribution in [1.82, 2.24) is 45.0 Å². The number of rotatable bonds is 14. The Morgan fingerprint density at radius 2 is 1.83 bits per heavy atom. The third-order valence-corrected chi connectivity index (χ3v) is 18.8. The molecule has 17 heteroatoms. The van der Waals surface area contributed by atoms with Gasteiger partial charge in [0.2, 0.25) is 11.8 Å². The maximum atomic E-state index is 15.2. The zero-order valence-electron chi connectivity index (χ0n) is 45.1. The summed E-state index contributed by atoms with van der Waals surface area (Å²) in [5, 5.41) is 8.79. The summed E-state index contributed by atoms with van der Waals surface area (Å²) < 4.78 is 19.8. The third-order valence-electron chi connectivity index (χ3n) is 18.0. The van der Waals surface area contributed by atoms with Gasteiger partial charge in [0.05, 0.1) is 40.8 Å². The number of carbonyl (C=O) groups excluding carboxylic acids is 4. The first-order valence-corrected chi connectivity index (χ1v) is 29.1. The van der Waals surface area contributed by atoms with Gasteiger partial charge in [-0.3, -0.25) is 39.0 Å². The molecule has 16 nitrogen and oxygen atoms in total. The molecule has 7 aliphatic rings. The number of esters is 1. The van der Waals surface area contributed by atoms with Gasteiger partial charge < -0.3 is 29.0 Å². The van der Waals surface area contributed by atoms with Gasteiger partial charge in [0.25, 0.3) is 5.91 Å². The van der Waals surface area contributed by atoms with Gasteiger partial charge in [-0.25, -0.2) is 10.4 Å². The fourth-order valence-electron chi connectivity index (χ4n) is 13.9. The summed E-state index contributed by atoms with van der Waals surface area (Å²) in [5.74, 6) is 0.284. The van der Waals surface area contributed by atoms with E-state index in [2.05, 4.69) is 80.4 Å². The average Bonchev–Trinajstić information content (AvgIpc) is 3.94. The number of benzene rings is 1. The number of aromatic nitrogens is 3. The van der Waals surface area contributed by atoms with Crippen LogP contribution >= 0.6 is 11.3 Å². The van der Waals surface area contributed by atoms with Gasteiger partial charge in [-0.1, -0.05) is 32.8 Å². The Bertz CT molecular complexity index is 2770. The van der Waals surface area contributed by atoms with Gasteiger partial charge in [0.15, 0.2) is 0 Å². The van der Waals surface area contributed by atoms with E-state index in [-0.39, 0.29) is 54.2 Å². The third kappa shape index (κ3) is 10.5. The summed E-state index contributed by atoms with van der Waals surface area (Å²) in [5.41, 5.74) is 9.65. The number of amides is 3. The van der Waals surface area contributed by atoms with Crippen LogP contribution in [0.25, 0.3) is 33.4 Å². The monoisotopic (exact) mass is 1050 g/mol. The Balaban J connectivity index is 0.880. The number of cyclic esters (lactones) is 1. The van der Waals surface area contributed by atoms with Gasteiger partial charge >= 0.3 is 5.97 Å². The summed E-state index contributed by atoms with van der Waals surface area (Å²) in [4.78, 5) is 75.6. The van der Waals surface area contributed by atoms with Gasteiger partial charge in [-0.15, -0.1) is 11.3 Å². The molecule has 0 radical (unpaired) electrons. The summed E-state index contributed by atoms with van der Waals surface area (Å²) in [6.45, 7) is 14.4. The number of thiazole rings is 1. The summed E-state index contributed by atoms with van der Waals surface area (Å²) in [6.07, 6.45) is 12.8. The standard InChI is InChI=1S/C58H79N9O7S/c1-7-65-46-20-19-39-29-41(46)42(51(65)40-15-10-23-59-48(40)36(2)73-6)31-57(3,4)35-74-56(71)43-16-11-25-67(62-43)54(69)44(30-47-60-45(39)32-75-47)61-53(68)50(37-13-8-9-14-37)63-26-21-58(33-63)22-27-64(34-58)55(70)52-49(38-17-18-38)66(52)24-12-28-72-5/h10,15,19-20,23,29,32,36-38,43-44,49-50,52,62H,7-9,11-14,16-18,21-22,24-28,30-31,33-35H2,1-6H3,(H,61,68)/t36-,43-,44-,49?,50?,52+,58-,66?/m0/s1. The lowest BCUT2D eigenvalue weighted by Gasteiger charge is -2.37. The highest BCUT2D eigenvalue weighted by atomic mass is 32.1. The van der Waals surface area contributed by atoms with E-state index >= 15 is 9.59 Å². The van der Waals surface area contributed by atoms with Crippen molar-refractivity contribution < 1.29 is 33.4 Å². The van der Waals surface area contributed by atoms with Crippen LogP contribution in [0, 0.1) is 22.7 Å². The normalized spacial score (nSPS) is 28.2. The minimum atomic E-state index is -0.931. The number of hydrogen-bond acceptors (Lipinski definition) is 13. The highest BCUT2D eigenvalue weighted by Crippen LogP contribution is 2.50. The number of fused-ring (bicyclic) bond motifs is 6. The fourth-order valence-corrected chi connectivity index (χ4v) is 14.7. The number of nitrogens with zero attached hydrogens (tertiary/aromatic N) is 7. The number of carbonyl (C=O) groups is 4. The van der Waals surface area contributed by atoms with Crippen molar-refractivity contribution in [3.8, 4) is 22.5 Å². The van der Waals surface area contributed by atoms with Crippen molar-refractivity contribution in [3.05, 3.63) is 58.2 Å². The molecule has 5 aliphatic heterocycles. The second-order valence-corrected chi connectivity index (χ2v) is 24.8. The minimum Gasteiger partial charge on any atom is -0.464 e. The van der Waals surface area contributed by atoms with Crippen LogP contribution in [0.15, 0.2) is 41.9 Å². The summed E-state index contributed by atoms with van der Waals surface area (Å²) in [6, 6.07) is 8.95. The molecule has 1 aromatic carbocycles. The molecule has 8 heterocycles. The Morgan fingerprint density at radius 1 is 1.01 bits per heavy atom. The van der Waals surface area contributed by atoms with E-state index in [1.54, 1.807) is 19.2 Å². The topological polar surface area (TPSA) is 163 Å². The molecule has 3 unspecified atom stereocenters. The summed E-state index contributed by atoms with van der Waals surface area (Å²) in [7, 11) is 3.44. The van der Waals surface area contributed by atoms with E-state index in [0.29, 0.717) is 44.4 Å². The zero-order chi connectivity index (χ0) is 52.2. The molecule has 2 saturated carbocycles. The van der Waals surface area contributed by atoms with Crippen molar-refractivity contribution >= 4 is 45.9 Å². The number of pyridine rings is 1. The van der Waals surface area contributed by atoms with Crippen LogP contribution in [-0.2, 0) is 52.8 Å². The smallest absolute Gasteiger partial charge is 0.324 e. The molecule has 4 aromatic rings. The number of likely N-dealkylation sites (tertiary alicyclic amines) is 2. The second-order valence-electron chi connectivity index (χ2n) is 23.8. The lowest BCUT2D eigenvalue weighted by molar-refractivity contribution is -0.155. The maximum Gasteiger partial charge on any atom is 0.324 e. The average molecular weight is 1050 g/mol. The lowest BCUT2D eigenvalue weighted by Crippen LogP contribution is -2.62. The number of ether oxygens (including phenoxy) is 3. The van der Waals surface area contributed by atoms with E-state index in [9.17, 15) is 9.59 Å². The molecule has 2 N–H and O–H groups in total. The van der Waals surface area contributed by atoms with Crippen LogP contribution in [0.5, 0.6) is 0 Å². The molecule has 404 valence electrons. The van der Waals surface area contributed by atoms with Gasteiger partial charge in [-0.2, -0.15) is 0 Å². The Morgan fingerprint density at radius 3 is 2.60 bits per heavy atom. The number of hydrazine groups is 1. The molecule has 1 spiro atoms. The Kier molecular flexibility index (Phi) is 15.0. The van der Waals surface area contributed by atoms with Crippen molar-refractivity contribution in [2.45, 2.75) is 154 Å². The molecule has 4 saturated heterocycles. The zero-order valence-corrected chi connectivity index (χ0v) is 45.9. The predicted octanol–water partition coefficient (Wildman–Crippen LogP) is 7.19. The van der Waals surface area contributed by atoms with Crippen LogP contribution in [0.2, 0.25) is 0 Å². The van der Waals surface area contributed by atoms with E-state index in [4.69, 9.17) is 24.2 Å². The Labute approximate surface area is 446 Å². The Hall–Kier alpha value is -4.78. The van der Waals surface area contributed by atoms with Crippen molar-refractivity contribution in [2.24, 2.45) is 22.7 Å². The number of hydrogen-bond donors (Lipinski definition) is 2. The first-order chi connectivity index (χ1) is 36.3. The highest BCUT2D eigenvalue weighted by molar-refractivity contribution is 7.10. The number of methoxy groups -OCH3 is 2. The van der Waals surface area contributed by atoms with Gasteiger partial charge in [0.1, 0.15) is 18.1 Å². The first kappa shape index (κ1) is 52.3. The van der Waals surface area contributed by atoms with Crippen molar-refractivity contribution in [3.63, 3.8) is 0 Å². The van der Waals surface area contributed by atoms with Crippen LogP contribution in [0.3, 0.4) is 0 Å². The summed E-state index contributed by atoms with van der Waals surface area (Å²) >= 11 is 1.50. The quantitative estimate of drug-likeness (QED) is 0.0745. The highest BCUT2D eigenvalue weighted by Gasteiger charge is 2.60. The second kappa shape index (κ2) is 21.6. The molecule has 8 atom stereocenters. The molecule has 3 aromatic heterocycles. The molecular formula is C58H79N9O7S. The lowest BCUT2D eigenvalue weighted by atomic mass is 9.84. The fraction of sp³-hybridized carbons (Fsp3) is 0.655. The molecular weight excluding hydrogens is 967 g/mol. The van der Waals surface area contributed by atoms with Gasteiger partial charge in [0, 0.05) is 117 Å². The molecule has 6 fully saturated rings. The first-order valence-electron chi connectivity index (χ1n) is 28.2. The van der Waals surface area contributed by atoms with Crippen LogP contribution in [0.4, 0.5) is 0 Å². The molecule has 6 bridgehead atoms. The SMILES string of the molecule is CCn1c(-c2cccnc2[C@H](C)OC)c2c3cc(ccc31)-c1csc(n1)C[C@H](NC(=O)C(C1CCCC1)N1CC[C@]3(CCN(C(=O)[C@H]4C(C5CC5)N4CCCOC)C3)C1)C(=O)N1CCC[C@H](N1)C(=O)OCC(C)(C)C2. The molecule has 75 heavy (non-hydrogen) atoms. The van der Waals surface area contributed by atoms with E-state index in [1.165, 1.54) is 24.2 Å².